The minimum absolute atomic E-state index is 0.186. The Morgan fingerprint density at radius 2 is 1.63 bits per heavy atom. The molecule has 2 rings (SSSR count). The van der Waals surface area contributed by atoms with Crippen molar-refractivity contribution in [1.82, 2.24) is 5.32 Å². The van der Waals surface area contributed by atoms with Crippen LogP contribution >= 0.6 is 0 Å². The molecule has 2 aromatic rings. The first-order chi connectivity index (χ1) is 14.4. The summed E-state index contributed by atoms with van der Waals surface area (Å²) in [6.45, 7) is 5.82. The molecule has 0 aliphatic carbocycles. The molecule has 2 aromatic carbocycles. The Morgan fingerprint density at radius 1 is 0.967 bits per heavy atom. The second-order valence-electron chi connectivity index (χ2n) is 7.06. The highest BCUT2D eigenvalue weighted by Crippen LogP contribution is 2.23. The molecule has 3 amide bonds. The summed E-state index contributed by atoms with van der Waals surface area (Å²) in [5.41, 5.74) is 3.74. The number of carbonyl (C=O) groups excluding carboxylic acids is 2. The first-order valence-corrected chi connectivity index (χ1v) is 10.3. The lowest BCUT2D eigenvalue weighted by Crippen LogP contribution is -2.27. The van der Waals surface area contributed by atoms with E-state index in [1.54, 1.807) is 12.1 Å². The molecule has 0 saturated carbocycles. The first-order valence-electron chi connectivity index (χ1n) is 10.3. The fourth-order valence-corrected chi connectivity index (χ4v) is 2.92. The van der Waals surface area contributed by atoms with E-state index in [-0.39, 0.29) is 11.9 Å². The van der Waals surface area contributed by atoms with Gasteiger partial charge in [0.25, 0.3) is 5.91 Å². The van der Waals surface area contributed by atoms with Gasteiger partial charge in [0.2, 0.25) is 0 Å². The van der Waals surface area contributed by atoms with Gasteiger partial charge in [0.05, 0.1) is 5.56 Å². The van der Waals surface area contributed by atoms with E-state index in [0.717, 1.165) is 18.5 Å². The number of urea groups is 1. The van der Waals surface area contributed by atoms with Crippen molar-refractivity contribution in [2.24, 2.45) is 0 Å². The van der Waals surface area contributed by atoms with Gasteiger partial charge in [-0.1, -0.05) is 19.1 Å². The number of amides is 3. The lowest BCUT2D eigenvalue weighted by atomic mass is 10.1. The van der Waals surface area contributed by atoms with Crippen LogP contribution in [0.25, 0.3) is 0 Å². The van der Waals surface area contributed by atoms with E-state index in [2.05, 4.69) is 22.9 Å². The second-order valence-corrected chi connectivity index (χ2v) is 7.06. The average molecular weight is 413 g/mol. The maximum atomic E-state index is 12.7. The van der Waals surface area contributed by atoms with Crippen LogP contribution in [0.2, 0.25) is 0 Å². The molecule has 0 fully saturated rings. The number of nitrogens with zero attached hydrogens (tertiary/aromatic N) is 1. The Bertz CT molecular complexity index is 835. The molecule has 7 heteroatoms. The van der Waals surface area contributed by atoms with Gasteiger partial charge in [-0.2, -0.15) is 0 Å². The zero-order chi connectivity index (χ0) is 21.9. The van der Waals surface area contributed by atoms with E-state index in [1.807, 2.05) is 56.3 Å². The van der Waals surface area contributed by atoms with Crippen LogP contribution in [0.1, 0.15) is 36.2 Å². The van der Waals surface area contributed by atoms with E-state index >= 15 is 0 Å². The van der Waals surface area contributed by atoms with Gasteiger partial charge in [0.1, 0.15) is 0 Å². The third kappa shape index (κ3) is 7.08. The van der Waals surface area contributed by atoms with Gasteiger partial charge in [-0.3, -0.25) is 4.79 Å². The molecule has 7 nitrogen and oxygen atoms in total. The van der Waals surface area contributed by atoms with Crippen molar-refractivity contribution in [2.75, 3.05) is 49.4 Å². The van der Waals surface area contributed by atoms with Gasteiger partial charge in [0.15, 0.2) is 0 Å². The smallest absolute Gasteiger partial charge is 0.323 e. The van der Waals surface area contributed by atoms with Crippen LogP contribution < -0.4 is 20.9 Å². The summed E-state index contributed by atoms with van der Waals surface area (Å²) in [5.74, 6) is -0.186. The SMILES string of the molecule is CCOCCCNC(=O)c1cc(NC(=O)Nc2ccc(CC)cc2)ccc1N(C)C. The predicted octanol–water partition coefficient (Wildman–Crippen LogP) is 4.12. The van der Waals surface area contributed by atoms with Crippen LogP contribution in [-0.2, 0) is 11.2 Å². The van der Waals surface area contributed by atoms with Crippen LogP contribution in [0.4, 0.5) is 21.9 Å². The fourth-order valence-electron chi connectivity index (χ4n) is 2.92. The largest absolute Gasteiger partial charge is 0.382 e. The zero-order valence-corrected chi connectivity index (χ0v) is 18.2. The third-order valence-corrected chi connectivity index (χ3v) is 4.56. The molecule has 0 bridgehead atoms. The monoisotopic (exact) mass is 412 g/mol. The van der Waals surface area contributed by atoms with Crippen molar-refractivity contribution in [3.8, 4) is 0 Å². The third-order valence-electron chi connectivity index (χ3n) is 4.56. The molecule has 0 heterocycles. The number of nitrogens with one attached hydrogen (secondary N) is 3. The molecule has 0 aliphatic rings. The summed E-state index contributed by atoms with van der Waals surface area (Å²) in [7, 11) is 3.75. The maximum absolute atomic E-state index is 12.7. The molecule has 0 atom stereocenters. The Morgan fingerprint density at radius 3 is 2.27 bits per heavy atom. The van der Waals surface area contributed by atoms with Gasteiger partial charge in [-0.15, -0.1) is 0 Å². The zero-order valence-electron chi connectivity index (χ0n) is 18.2. The van der Waals surface area contributed by atoms with Crippen LogP contribution in [0, 0.1) is 0 Å². The Hall–Kier alpha value is -3.06. The number of hydrogen-bond acceptors (Lipinski definition) is 4. The van der Waals surface area contributed by atoms with Crippen molar-refractivity contribution in [1.29, 1.82) is 0 Å². The minimum Gasteiger partial charge on any atom is -0.382 e. The van der Waals surface area contributed by atoms with Crippen LogP contribution in [0.3, 0.4) is 0 Å². The van der Waals surface area contributed by atoms with Gasteiger partial charge in [0, 0.05) is 50.9 Å². The van der Waals surface area contributed by atoms with Crippen molar-refractivity contribution < 1.29 is 14.3 Å². The van der Waals surface area contributed by atoms with Crippen molar-refractivity contribution in [3.63, 3.8) is 0 Å². The lowest BCUT2D eigenvalue weighted by molar-refractivity contribution is 0.0944. The first kappa shape index (κ1) is 23.2. The number of carbonyl (C=O) groups is 2. The number of ether oxygens (including phenoxy) is 1. The van der Waals surface area contributed by atoms with E-state index < -0.39 is 0 Å². The number of anilines is 3. The second kappa shape index (κ2) is 11.8. The molecule has 30 heavy (non-hydrogen) atoms. The summed E-state index contributed by atoms with van der Waals surface area (Å²) >= 11 is 0. The molecule has 0 saturated heterocycles. The topological polar surface area (TPSA) is 82.7 Å². The minimum atomic E-state index is -0.361. The quantitative estimate of drug-likeness (QED) is 0.513. The Labute approximate surface area is 178 Å². The summed E-state index contributed by atoms with van der Waals surface area (Å²) in [5, 5.41) is 8.51. The van der Waals surface area contributed by atoms with Crippen LogP contribution in [0.15, 0.2) is 42.5 Å². The van der Waals surface area contributed by atoms with Gasteiger partial charge in [-0.05, 0) is 55.7 Å². The molecule has 0 aliphatic heterocycles. The summed E-state index contributed by atoms with van der Waals surface area (Å²) in [6, 6.07) is 12.6. The highest BCUT2D eigenvalue weighted by Gasteiger charge is 2.14. The number of hydrogen-bond donors (Lipinski definition) is 3. The van der Waals surface area contributed by atoms with E-state index in [0.29, 0.717) is 36.7 Å². The van der Waals surface area contributed by atoms with Crippen LogP contribution in [-0.4, -0.2) is 45.8 Å². The number of benzene rings is 2. The molecule has 162 valence electrons. The molecular weight excluding hydrogens is 380 g/mol. The summed E-state index contributed by atoms with van der Waals surface area (Å²) in [4.78, 5) is 26.9. The van der Waals surface area contributed by atoms with E-state index in [4.69, 9.17) is 4.74 Å². The highest BCUT2D eigenvalue weighted by molar-refractivity contribution is 6.03. The maximum Gasteiger partial charge on any atom is 0.323 e. The number of rotatable bonds is 10. The predicted molar refractivity (Wildman–Crippen MR) is 123 cm³/mol. The van der Waals surface area contributed by atoms with Gasteiger partial charge in [-0.25, -0.2) is 4.79 Å². The van der Waals surface area contributed by atoms with Crippen molar-refractivity contribution >= 4 is 29.0 Å². The van der Waals surface area contributed by atoms with Gasteiger partial charge >= 0.3 is 6.03 Å². The molecule has 0 spiro atoms. The van der Waals surface area contributed by atoms with E-state index in [1.165, 1.54) is 5.56 Å². The number of aryl methyl sites for hydroxylation is 1. The van der Waals surface area contributed by atoms with E-state index in [9.17, 15) is 9.59 Å². The lowest BCUT2D eigenvalue weighted by Gasteiger charge is -2.18. The Balaban J connectivity index is 2.04. The van der Waals surface area contributed by atoms with Gasteiger partial charge < -0.3 is 25.6 Å². The van der Waals surface area contributed by atoms with Crippen LogP contribution in [0.5, 0.6) is 0 Å². The Kier molecular flexibility index (Phi) is 9.15. The van der Waals surface area contributed by atoms with Crippen molar-refractivity contribution in [3.05, 3.63) is 53.6 Å². The standard InChI is InChI=1S/C23H32N4O3/c1-5-17-8-10-18(11-9-17)25-23(29)26-19-12-13-21(27(3)4)20(16-19)22(28)24-14-7-15-30-6-2/h8-13,16H,5-7,14-15H2,1-4H3,(H,24,28)(H2,25,26,29). The summed E-state index contributed by atoms with van der Waals surface area (Å²) in [6.07, 6.45) is 1.69. The van der Waals surface area contributed by atoms with Crippen molar-refractivity contribution in [2.45, 2.75) is 26.7 Å². The molecule has 0 unspecified atom stereocenters. The highest BCUT2D eigenvalue weighted by atomic mass is 16.5. The molecule has 3 N–H and O–H groups in total. The average Bonchev–Trinajstić information content (AvgIpc) is 2.73. The summed E-state index contributed by atoms with van der Waals surface area (Å²) < 4.78 is 5.29. The molecule has 0 radical (unpaired) electrons. The molecule has 0 aromatic heterocycles. The fraction of sp³-hybridized carbons (Fsp3) is 0.391. The molecular formula is C23H32N4O3. The normalized spacial score (nSPS) is 10.4.